The highest BCUT2D eigenvalue weighted by Gasteiger charge is 2.40. The van der Waals surface area contributed by atoms with Crippen molar-refractivity contribution in [3.05, 3.63) is 65.9 Å². The van der Waals surface area contributed by atoms with E-state index in [1.165, 1.54) is 13.2 Å². The van der Waals surface area contributed by atoms with E-state index in [9.17, 15) is 22.8 Å². The number of benzene rings is 1. The normalized spacial score (nSPS) is 18.9. The molecule has 0 saturated carbocycles. The molecule has 3 aromatic heterocycles. The van der Waals surface area contributed by atoms with Crippen LogP contribution in [-0.2, 0) is 11.0 Å². The molecule has 1 aromatic carbocycles. The van der Waals surface area contributed by atoms with E-state index in [0.29, 0.717) is 41.5 Å². The van der Waals surface area contributed by atoms with Crippen LogP contribution in [0.3, 0.4) is 0 Å². The minimum absolute atomic E-state index is 0.0485. The molecule has 0 spiro atoms. The van der Waals surface area contributed by atoms with E-state index in [1.807, 2.05) is 15.5 Å². The van der Waals surface area contributed by atoms with Crippen molar-refractivity contribution < 1.29 is 31.9 Å². The Labute approximate surface area is 232 Å². The average molecular weight is 567 g/mol. The molecule has 2 aliphatic rings. The van der Waals surface area contributed by atoms with Crippen LogP contribution in [0, 0.1) is 0 Å². The van der Waals surface area contributed by atoms with Gasteiger partial charge in [-0.05, 0) is 49.6 Å². The Morgan fingerprint density at radius 2 is 2.00 bits per heavy atom. The fourth-order valence-electron chi connectivity index (χ4n) is 5.82. The SMILES string of the molecule is COc1cc(C(=O)Nc2cc(C(F)(F)F)ccn2)ccc1-c1[nH]c([C@@H]2CC[C@H]3CCC(=O)N3C2)[n+]2ccnc(N)c12. The van der Waals surface area contributed by atoms with Gasteiger partial charge in [0.2, 0.25) is 11.4 Å². The standard InChI is InChI=1S/C28H26F3N7O3/c1-41-20-12-15(27(40)35-21-13-17(8-9-33-21)28(29,30)31)3-6-19(20)23-24-25(32)34-10-11-37(24)26(36-23)16-2-4-18-5-7-22(39)38(18)14-16/h3,6,8-13,16,18H,2,4-5,7,14H2,1H3,(H3,32,33,34,35,40)/p+1/t16-,18+/m1/s1. The second-order valence-electron chi connectivity index (χ2n) is 10.2. The van der Waals surface area contributed by atoms with Crippen LogP contribution >= 0.6 is 0 Å². The predicted molar refractivity (Wildman–Crippen MR) is 142 cm³/mol. The second kappa shape index (κ2) is 10.1. The van der Waals surface area contributed by atoms with Crippen LogP contribution in [0.5, 0.6) is 5.75 Å². The maximum atomic E-state index is 13.1. The largest absolute Gasteiger partial charge is 0.496 e. The number of piperidine rings is 1. The van der Waals surface area contributed by atoms with E-state index in [4.69, 9.17) is 10.5 Å². The lowest BCUT2D eigenvalue weighted by Gasteiger charge is -2.33. The number of hydrogen-bond acceptors (Lipinski definition) is 6. The van der Waals surface area contributed by atoms with E-state index in [-0.39, 0.29) is 29.0 Å². The summed E-state index contributed by atoms with van der Waals surface area (Å²) < 4.78 is 46.8. The maximum absolute atomic E-state index is 13.1. The van der Waals surface area contributed by atoms with Crippen molar-refractivity contribution in [2.75, 3.05) is 24.7 Å². The van der Waals surface area contributed by atoms with Crippen molar-refractivity contribution in [3.8, 4) is 17.0 Å². The highest BCUT2D eigenvalue weighted by molar-refractivity contribution is 6.04. The summed E-state index contributed by atoms with van der Waals surface area (Å²) in [7, 11) is 1.45. The maximum Gasteiger partial charge on any atom is 0.416 e. The lowest BCUT2D eigenvalue weighted by Crippen LogP contribution is -2.43. The fraction of sp³-hybridized carbons (Fsp3) is 0.321. The number of alkyl halides is 3. The van der Waals surface area contributed by atoms with Crippen LogP contribution in [0.15, 0.2) is 48.9 Å². The number of imidazole rings is 1. The number of nitrogen functional groups attached to an aromatic ring is 1. The van der Waals surface area contributed by atoms with Gasteiger partial charge >= 0.3 is 6.18 Å². The second-order valence-corrected chi connectivity index (χ2v) is 10.2. The highest BCUT2D eigenvalue weighted by Crippen LogP contribution is 2.38. The molecule has 6 rings (SSSR count). The van der Waals surface area contributed by atoms with Crippen molar-refractivity contribution in [2.24, 2.45) is 0 Å². The summed E-state index contributed by atoms with van der Waals surface area (Å²) in [6.45, 7) is 0.605. The van der Waals surface area contributed by atoms with Crippen molar-refractivity contribution in [3.63, 3.8) is 0 Å². The number of ether oxygens (including phenoxy) is 1. The molecule has 10 nitrogen and oxygen atoms in total. The quantitative estimate of drug-likeness (QED) is 0.314. The number of hydrogen-bond donors (Lipinski definition) is 3. The summed E-state index contributed by atoms with van der Waals surface area (Å²) in [6, 6.07) is 6.60. The first-order valence-corrected chi connectivity index (χ1v) is 13.1. The third-order valence-electron chi connectivity index (χ3n) is 7.83. The number of aromatic amines is 1. The van der Waals surface area contributed by atoms with Crippen LogP contribution in [0.4, 0.5) is 24.8 Å². The summed E-state index contributed by atoms with van der Waals surface area (Å²) in [4.78, 5) is 38.9. The first-order valence-electron chi connectivity index (χ1n) is 13.1. The molecule has 2 fully saturated rings. The number of nitrogens with zero attached hydrogens (tertiary/aromatic N) is 4. The molecular weight excluding hydrogens is 539 g/mol. The molecule has 0 unspecified atom stereocenters. The zero-order valence-electron chi connectivity index (χ0n) is 22.0. The van der Waals surface area contributed by atoms with E-state index < -0.39 is 17.6 Å². The van der Waals surface area contributed by atoms with Crippen LogP contribution in [0.25, 0.3) is 16.8 Å². The zero-order valence-corrected chi connectivity index (χ0v) is 22.0. The number of amides is 2. The van der Waals surface area contributed by atoms with Crippen LogP contribution in [0.2, 0.25) is 0 Å². The molecule has 41 heavy (non-hydrogen) atoms. The summed E-state index contributed by atoms with van der Waals surface area (Å²) >= 11 is 0. The summed E-state index contributed by atoms with van der Waals surface area (Å²) in [5.74, 6) is 0.852. The van der Waals surface area contributed by atoms with E-state index >= 15 is 0 Å². The first kappa shape index (κ1) is 26.5. The number of halogens is 3. The minimum atomic E-state index is -4.57. The third-order valence-corrected chi connectivity index (χ3v) is 7.83. The number of carbonyl (C=O) groups is 2. The molecule has 0 aliphatic carbocycles. The molecule has 2 amide bonds. The Bertz CT molecular complexity index is 1670. The topological polar surface area (TPSA) is 130 Å². The number of nitrogens with one attached hydrogen (secondary N) is 2. The molecule has 212 valence electrons. The van der Waals surface area contributed by atoms with E-state index in [2.05, 4.69) is 20.3 Å². The van der Waals surface area contributed by atoms with Gasteiger partial charge in [-0.15, -0.1) is 0 Å². The van der Waals surface area contributed by atoms with Crippen molar-refractivity contribution in [1.29, 1.82) is 0 Å². The van der Waals surface area contributed by atoms with Gasteiger partial charge in [0.25, 0.3) is 11.7 Å². The Morgan fingerprint density at radius 3 is 2.78 bits per heavy atom. The molecule has 13 heteroatoms. The smallest absolute Gasteiger partial charge is 0.416 e. The highest BCUT2D eigenvalue weighted by atomic mass is 19.4. The Morgan fingerprint density at radius 1 is 1.17 bits per heavy atom. The van der Waals surface area contributed by atoms with Gasteiger partial charge in [0.15, 0.2) is 11.5 Å². The van der Waals surface area contributed by atoms with Gasteiger partial charge in [-0.2, -0.15) is 17.6 Å². The molecule has 2 atom stereocenters. The first-order chi connectivity index (χ1) is 19.6. The number of carbonyl (C=O) groups excluding carboxylic acids is 2. The van der Waals surface area contributed by atoms with Gasteiger partial charge in [-0.3, -0.25) is 9.59 Å². The molecule has 5 heterocycles. The number of aromatic nitrogens is 4. The number of fused-ring (bicyclic) bond motifs is 2. The van der Waals surface area contributed by atoms with Crippen LogP contribution in [0.1, 0.15) is 53.3 Å². The van der Waals surface area contributed by atoms with Gasteiger partial charge in [0, 0.05) is 30.8 Å². The molecule has 4 N–H and O–H groups in total. The number of pyridine rings is 1. The predicted octanol–water partition coefficient (Wildman–Crippen LogP) is 3.94. The molecule has 2 aliphatic heterocycles. The number of nitrogens with two attached hydrogens (primary N) is 1. The van der Waals surface area contributed by atoms with Crippen LogP contribution < -0.4 is 20.2 Å². The number of anilines is 2. The average Bonchev–Trinajstić information content (AvgIpc) is 3.53. The lowest BCUT2D eigenvalue weighted by atomic mass is 9.92. The van der Waals surface area contributed by atoms with E-state index in [0.717, 1.165) is 43.4 Å². The number of methoxy groups -OCH3 is 1. The Balaban J connectivity index is 1.34. The molecule has 2 saturated heterocycles. The van der Waals surface area contributed by atoms with Gasteiger partial charge < -0.3 is 20.7 Å². The Hall–Kier alpha value is -4.68. The van der Waals surface area contributed by atoms with Crippen molar-refractivity contribution in [1.82, 2.24) is 19.9 Å². The lowest BCUT2D eigenvalue weighted by molar-refractivity contribution is -0.523. The van der Waals surface area contributed by atoms with Gasteiger partial charge in [-0.25, -0.2) is 15.0 Å². The van der Waals surface area contributed by atoms with Gasteiger partial charge in [0.05, 0.1) is 30.4 Å². The Kier molecular flexibility index (Phi) is 6.51. The monoisotopic (exact) mass is 566 g/mol. The summed E-state index contributed by atoms with van der Waals surface area (Å²) in [5.41, 5.74) is 7.43. The zero-order chi connectivity index (χ0) is 28.9. The van der Waals surface area contributed by atoms with E-state index in [1.54, 1.807) is 18.3 Å². The summed E-state index contributed by atoms with van der Waals surface area (Å²) in [5, 5.41) is 2.41. The third kappa shape index (κ3) is 4.81. The van der Waals surface area contributed by atoms with Gasteiger partial charge in [-0.1, -0.05) is 0 Å². The fourth-order valence-corrected chi connectivity index (χ4v) is 5.82. The number of rotatable bonds is 5. The number of H-pyrrole nitrogens is 1. The minimum Gasteiger partial charge on any atom is -0.496 e. The molecular formula is C28H27F3N7O3+. The van der Waals surface area contributed by atoms with Crippen molar-refractivity contribution >= 4 is 29.0 Å². The molecule has 4 aromatic rings. The van der Waals surface area contributed by atoms with Crippen LogP contribution in [-0.4, -0.2) is 51.4 Å². The van der Waals surface area contributed by atoms with Crippen molar-refractivity contribution in [2.45, 2.75) is 43.8 Å². The molecule has 0 radical (unpaired) electrons. The molecule has 0 bridgehead atoms. The summed E-state index contributed by atoms with van der Waals surface area (Å²) in [6.07, 6.45) is 3.14. The van der Waals surface area contributed by atoms with Gasteiger partial charge in [0.1, 0.15) is 17.8 Å².